The third kappa shape index (κ3) is 3.83. The van der Waals surface area contributed by atoms with Crippen molar-refractivity contribution in [1.29, 1.82) is 0 Å². The van der Waals surface area contributed by atoms with Gasteiger partial charge in [-0.3, -0.25) is 14.4 Å². The lowest BCUT2D eigenvalue weighted by molar-refractivity contribution is -0.144. The topological polar surface area (TPSA) is 57.7 Å². The van der Waals surface area contributed by atoms with Crippen molar-refractivity contribution in [3.05, 3.63) is 0 Å². The predicted molar refractivity (Wildman–Crippen MR) is 79.6 cm³/mol. The highest BCUT2D eigenvalue weighted by Crippen LogP contribution is 2.32. The van der Waals surface area contributed by atoms with Gasteiger partial charge in [0.15, 0.2) is 0 Å². The molecule has 2 amide bonds. The minimum atomic E-state index is -0.427. The van der Waals surface area contributed by atoms with Gasteiger partial charge in [0.05, 0.1) is 6.04 Å². The molecule has 5 heteroatoms. The average molecular weight is 294 g/mol. The lowest BCUT2D eigenvalue weighted by Gasteiger charge is -2.34. The molecule has 1 aliphatic carbocycles. The van der Waals surface area contributed by atoms with Crippen LogP contribution in [-0.2, 0) is 14.4 Å². The Hall–Kier alpha value is -1.39. The van der Waals surface area contributed by atoms with Gasteiger partial charge in [-0.05, 0) is 24.7 Å². The molecule has 2 aliphatic rings. The standard InChI is InChI=1S/C16H26N2O3/c1-4-14(19)16(21)17-8-7-15(20)18(9-12-5-6-12)13(10-17)11(2)3/h11-13H,4-10H2,1-3H3/t13-/m1/s1. The summed E-state index contributed by atoms with van der Waals surface area (Å²) in [5, 5.41) is 0. The maximum absolute atomic E-state index is 12.4. The number of rotatable bonds is 5. The number of amides is 2. The number of nitrogens with zero attached hydrogens (tertiary/aromatic N) is 2. The molecule has 1 aliphatic heterocycles. The zero-order valence-electron chi connectivity index (χ0n) is 13.3. The second kappa shape index (κ2) is 6.58. The molecule has 2 fully saturated rings. The van der Waals surface area contributed by atoms with Crippen LogP contribution in [0.4, 0.5) is 0 Å². The summed E-state index contributed by atoms with van der Waals surface area (Å²) >= 11 is 0. The van der Waals surface area contributed by atoms with Crippen LogP contribution in [0.2, 0.25) is 0 Å². The molecule has 1 atom stereocenters. The number of carbonyl (C=O) groups excluding carboxylic acids is 3. The van der Waals surface area contributed by atoms with E-state index in [2.05, 4.69) is 13.8 Å². The molecule has 5 nitrogen and oxygen atoms in total. The van der Waals surface area contributed by atoms with E-state index in [1.807, 2.05) is 4.90 Å². The Morgan fingerprint density at radius 3 is 2.48 bits per heavy atom. The number of hydrogen-bond donors (Lipinski definition) is 0. The first-order chi connectivity index (χ1) is 9.93. The van der Waals surface area contributed by atoms with E-state index in [0.29, 0.717) is 25.4 Å². The Bertz CT molecular complexity index is 429. The molecule has 0 aromatic rings. The smallest absolute Gasteiger partial charge is 0.290 e. The normalized spacial score (nSPS) is 23.4. The number of hydrogen-bond acceptors (Lipinski definition) is 3. The van der Waals surface area contributed by atoms with Crippen molar-refractivity contribution in [2.75, 3.05) is 19.6 Å². The van der Waals surface area contributed by atoms with Crippen molar-refractivity contribution in [2.24, 2.45) is 11.8 Å². The van der Waals surface area contributed by atoms with E-state index in [1.54, 1.807) is 11.8 Å². The molecule has 0 unspecified atom stereocenters. The van der Waals surface area contributed by atoms with E-state index in [9.17, 15) is 14.4 Å². The van der Waals surface area contributed by atoms with Crippen LogP contribution in [0.25, 0.3) is 0 Å². The minimum Gasteiger partial charge on any atom is -0.337 e. The van der Waals surface area contributed by atoms with Gasteiger partial charge in [-0.15, -0.1) is 0 Å². The largest absolute Gasteiger partial charge is 0.337 e. The highest BCUT2D eigenvalue weighted by atomic mass is 16.2. The fraction of sp³-hybridized carbons (Fsp3) is 0.812. The fourth-order valence-corrected chi connectivity index (χ4v) is 2.87. The van der Waals surface area contributed by atoms with Crippen molar-refractivity contribution in [2.45, 2.75) is 52.5 Å². The average Bonchev–Trinajstić information content (AvgIpc) is 3.27. The third-order valence-corrected chi connectivity index (χ3v) is 4.49. The van der Waals surface area contributed by atoms with Gasteiger partial charge in [0.2, 0.25) is 11.7 Å². The molecule has 1 saturated carbocycles. The lowest BCUT2D eigenvalue weighted by atomic mass is 10.0. The molecule has 0 bridgehead atoms. The molecular formula is C16H26N2O3. The van der Waals surface area contributed by atoms with Gasteiger partial charge >= 0.3 is 0 Å². The molecule has 2 rings (SSSR count). The third-order valence-electron chi connectivity index (χ3n) is 4.49. The summed E-state index contributed by atoms with van der Waals surface area (Å²) in [4.78, 5) is 39.8. The minimum absolute atomic E-state index is 0.0224. The van der Waals surface area contributed by atoms with Gasteiger partial charge in [0.1, 0.15) is 0 Å². The second-order valence-electron chi connectivity index (χ2n) is 6.58. The molecule has 0 aromatic carbocycles. The van der Waals surface area contributed by atoms with Gasteiger partial charge in [0, 0.05) is 32.5 Å². The molecule has 0 N–H and O–H groups in total. The zero-order chi connectivity index (χ0) is 15.6. The summed E-state index contributed by atoms with van der Waals surface area (Å²) in [6.07, 6.45) is 2.96. The number of carbonyl (C=O) groups is 3. The Kier molecular flexibility index (Phi) is 5.01. The molecule has 1 saturated heterocycles. The second-order valence-corrected chi connectivity index (χ2v) is 6.58. The Labute approximate surface area is 126 Å². The van der Waals surface area contributed by atoms with Crippen LogP contribution < -0.4 is 0 Å². The molecule has 118 valence electrons. The zero-order valence-corrected chi connectivity index (χ0v) is 13.3. The predicted octanol–water partition coefficient (Wildman–Crippen LogP) is 1.46. The summed E-state index contributed by atoms with van der Waals surface area (Å²) in [5.74, 6) is 0.247. The maximum Gasteiger partial charge on any atom is 0.290 e. The molecule has 1 heterocycles. The van der Waals surface area contributed by atoms with E-state index in [-0.39, 0.29) is 30.1 Å². The highest BCUT2D eigenvalue weighted by molar-refractivity contribution is 6.36. The summed E-state index contributed by atoms with van der Waals surface area (Å²) in [6.45, 7) is 7.52. The van der Waals surface area contributed by atoms with Gasteiger partial charge < -0.3 is 9.80 Å². The van der Waals surface area contributed by atoms with E-state index >= 15 is 0 Å². The van der Waals surface area contributed by atoms with Crippen molar-refractivity contribution in [1.82, 2.24) is 9.80 Å². The highest BCUT2D eigenvalue weighted by Gasteiger charge is 2.37. The number of Topliss-reactive ketones (excluding diaryl/α,β-unsaturated/α-hetero) is 1. The maximum atomic E-state index is 12.4. The Morgan fingerprint density at radius 1 is 1.29 bits per heavy atom. The summed E-state index contributed by atoms with van der Waals surface area (Å²) in [6, 6.07) is 0.0224. The van der Waals surface area contributed by atoms with Gasteiger partial charge in [-0.25, -0.2) is 0 Å². The van der Waals surface area contributed by atoms with Crippen LogP contribution in [0, 0.1) is 11.8 Å². The van der Waals surface area contributed by atoms with Crippen molar-refractivity contribution < 1.29 is 14.4 Å². The molecule has 0 aromatic heterocycles. The molecule has 0 spiro atoms. The quantitative estimate of drug-likeness (QED) is 0.721. The first kappa shape index (κ1) is 16.0. The van der Waals surface area contributed by atoms with Gasteiger partial charge in [0.25, 0.3) is 5.91 Å². The van der Waals surface area contributed by atoms with Crippen LogP contribution in [0.15, 0.2) is 0 Å². The molecular weight excluding hydrogens is 268 g/mol. The Balaban J connectivity index is 2.14. The van der Waals surface area contributed by atoms with Crippen LogP contribution in [-0.4, -0.2) is 53.1 Å². The summed E-state index contributed by atoms with van der Waals surface area (Å²) in [7, 11) is 0. The molecule has 21 heavy (non-hydrogen) atoms. The van der Waals surface area contributed by atoms with Gasteiger partial charge in [-0.1, -0.05) is 20.8 Å². The summed E-state index contributed by atoms with van der Waals surface area (Å²) in [5.41, 5.74) is 0. The lowest BCUT2D eigenvalue weighted by Crippen LogP contribution is -2.49. The van der Waals surface area contributed by atoms with Crippen LogP contribution in [0.3, 0.4) is 0 Å². The van der Waals surface area contributed by atoms with E-state index in [4.69, 9.17) is 0 Å². The first-order valence-electron chi connectivity index (χ1n) is 8.05. The van der Waals surface area contributed by atoms with Crippen molar-refractivity contribution >= 4 is 17.6 Å². The van der Waals surface area contributed by atoms with Crippen LogP contribution >= 0.6 is 0 Å². The summed E-state index contributed by atoms with van der Waals surface area (Å²) < 4.78 is 0. The van der Waals surface area contributed by atoms with Crippen LogP contribution in [0.5, 0.6) is 0 Å². The van der Waals surface area contributed by atoms with E-state index in [0.717, 1.165) is 6.54 Å². The van der Waals surface area contributed by atoms with Crippen molar-refractivity contribution in [3.8, 4) is 0 Å². The van der Waals surface area contributed by atoms with E-state index < -0.39 is 5.91 Å². The van der Waals surface area contributed by atoms with E-state index in [1.165, 1.54) is 12.8 Å². The fourth-order valence-electron chi connectivity index (χ4n) is 2.87. The monoisotopic (exact) mass is 294 g/mol. The van der Waals surface area contributed by atoms with Crippen molar-refractivity contribution in [3.63, 3.8) is 0 Å². The Morgan fingerprint density at radius 2 is 1.95 bits per heavy atom. The SMILES string of the molecule is CCC(=O)C(=O)N1CCC(=O)N(CC2CC2)[C@@H](C(C)C)C1. The first-order valence-corrected chi connectivity index (χ1v) is 8.05. The van der Waals surface area contributed by atoms with Crippen LogP contribution in [0.1, 0.15) is 46.5 Å². The molecule has 0 radical (unpaired) electrons. The number of ketones is 1. The van der Waals surface area contributed by atoms with Gasteiger partial charge in [-0.2, -0.15) is 0 Å².